The van der Waals surface area contributed by atoms with Crippen molar-refractivity contribution in [3.63, 3.8) is 0 Å². The standard InChI is InChI=1S/C9H16N4O.ClH/c10-13-12-8-1-6-14-9(7-8)2-4-11-5-3-9;/h8,11H,1-7H2;1H. The molecular weight excluding hydrogens is 216 g/mol. The molecule has 0 saturated carbocycles. The first-order valence-electron chi connectivity index (χ1n) is 5.24. The monoisotopic (exact) mass is 232 g/mol. The number of ether oxygens (including phenoxy) is 1. The van der Waals surface area contributed by atoms with E-state index in [2.05, 4.69) is 15.3 Å². The van der Waals surface area contributed by atoms with E-state index in [1.165, 1.54) is 0 Å². The van der Waals surface area contributed by atoms with Crippen molar-refractivity contribution in [2.75, 3.05) is 19.7 Å². The molecular formula is C9H17ClN4O. The van der Waals surface area contributed by atoms with E-state index >= 15 is 0 Å². The summed E-state index contributed by atoms with van der Waals surface area (Å²) in [6.07, 6.45) is 3.87. The van der Waals surface area contributed by atoms with E-state index < -0.39 is 0 Å². The van der Waals surface area contributed by atoms with Crippen LogP contribution in [0, 0.1) is 0 Å². The summed E-state index contributed by atoms with van der Waals surface area (Å²) >= 11 is 0. The lowest BCUT2D eigenvalue weighted by Gasteiger charge is -2.42. The third kappa shape index (κ3) is 2.98. The maximum absolute atomic E-state index is 8.41. The van der Waals surface area contributed by atoms with Gasteiger partial charge in [-0.15, -0.1) is 12.4 Å². The van der Waals surface area contributed by atoms with Gasteiger partial charge in [0.25, 0.3) is 0 Å². The zero-order chi connectivity index (χ0) is 9.86. The fraction of sp³-hybridized carbons (Fsp3) is 1.00. The molecule has 0 aromatic carbocycles. The van der Waals surface area contributed by atoms with Crippen LogP contribution in [-0.4, -0.2) is 31.3 Å². The Labute approximate surface area is 95.6 Å². The highest BCUT2D eigenvalue weighted by Gasteiger charge is 2.37. The molecule has 2 aliphatic rings. The van der Waals surface area contributed by atoms with Crippen molar-refractivity contribution < 1.29 is 4.74 Å². The quantitative estimate of drug-likeness (QED) is 0.427. The fourth-order valence-electron chi connectivity index (χ4n) is 2.40. The molecule has 1 N–H and O–H groups in total. The van der Waals surface area contributed by atoms with Crippen molar-refractivity contribution in [2.45, 2.75) is 37.3 Å². The van der Waals surface area contributed by atoms with Crippen molar-refractivity contribution in [1.82, 2.24) is 5.32 Å². The predicted octanol–water partition coefficient (Wildman–Crippen LogP) is 2.02. The highest BCUT2D eigenvalue weighted by atomic mass is 35.5. The minimum atomic E-state index is 0. The van der Waals surface area contributed by atoms with Gasteiger partial charge in [-0.25, -0.2) is 0 Å². The van der Waals surface area contributed by atoms with Crippen LogP contribution < -0.4 is 5.32 Å². The Morgan fingerprint density at radius 2 is 2.13 bits per heavy atom. The molecule has 2 saturated heterocycles. The van der Waals surface area contributed by atoms with Gasteiger partial charge in [0, 0.05) is 17.6 Å². The Balaban J connectivity index is 0.00000112. The van der Waals surface area contributed by atoms with Crippen LogP contribution in [0.5, 0.6) is 0 Å². The van der Waals surface area contributed by atoms with Gasteiger partial charge in [-0.2, -0.15) is 0 Å². The van der Waals surface area contributed by atoms with Gasteiger partial charge in [-0.1, -0.05) is 5.11 Å². The van der Waals surface area contributed by atoms with E-state index in [0.717, 1.165) is 45.4 Å². The molecule has 2 fully saturated rings. The maximum atomic E-state index is 8.41. The summed E-state index contributed by atoms with van der Waals surface area (Å²) < 4.78 is 5.86. The smallest absolute Gasteiger partial charge is 0.0710 e. The SMILES string of the molecule is Cl.[N-]=[N+]=NC1CCOC2(CCNCC2)C1. The molecule has 2 heterocycles. The zero-order valence-electron chi connectivity index (χ0n) is 8.69. The topological polar surface area (TPSA) is 70.0 Å². The van der Waals surface area contributed by atoms with Crippen LogP contribution in [0.2, 0.25) is 0 Å². The third-order valence-corrected chi connectivity index (χ3v) is 3.20. The molecule has 0 bridgehead atoms. The summed E-state index contributed by atoms with van der Waals surface area (Å²) in [7, 11) is 0. The Bertz CT molecular complexity index is 243. The van der Waals surface area contributed by atoms with E-state index in [1.54, 1.807) is 0 Å². The number of halogens is 1. The Morgan fingerprint density at radius 3 is 2.80 bits per heavy atom. The molecule has 1 spiro atoms. The number of piperidine rings is 1. The second-order valence-corrected chi connectivity index (χ2v) is 4.13. The number of nitrogens with zero attached hydrogens (tertiary/aromatic N) is 3. The second kappa shape index (κ2) is 5.56. The van der Waals surface area contributed by atoms with Crippen molar-refractivity contribution >= 4 is 12.4 Å². The minimum Gasteiger partial charge on any atom is -0.375 e. The van der Waals surface area contributed by atoms with Crippen LogP contribution in [0.4, 0.5) is 0 Å². The summed E-state index contributed by atoms with van der Waals surface area (Å²) in [6, 6.07) is 0.145. The molecule has 15 heavy (non-hydrogen) atoms. The van der Waals surface area contributed by atoms with Crippen molar-refractivity contribution in [3.05, 3.63) is 10.4 Å². The number of azide groups is 1. The van der Waals surface area contributed by atoms with Crippen molar-refractivity contribution in [1.29, 1.82) is 0 Å². The highest BCUT2D eigenvalue weighted by Crippen LogP contribution is 2.34. The maximum Gasteiger partial charge on any atom is 0.0710 e. The van der Waals surface area contributed by atoms with E-state index in [9.17, 15) is 0 Å². The average molecular weight is 233 g/mol. The van der Waals surface area contributed by atoms with E-state index in [1.807, 2.05) is 0 Å². The highest BCUT2D eigenvalue weighted by molar-refractivity contribution is 5.85. The third-order valence-electron chi connectivity index (χ3n) is 3.20. The summed E-state index contributed by atoms with van der Waals surface area (Å²) in [6.45, 7) is 2.77. The lowest BCUT2D eigenvalue weighted by atomic mass is 9.83. The molecule has 1 unspecified atom stereocenters. The van der Waals surface area contributed by atoms with Gasteiger partial charge in [-0.05, 0) is 44.3 Å². The molecule has 5 nitrogen and oxygen atoms in total. The number of nitrogens with one attached hydrogen (secondary N) is 1. The van der Waals surface area contributed by atoms with E-state index in [-0.39, 0.29) is 24.0 Å². The largest absolute Gasteiger partial charge is 0.375 e. The second-order valence-electron chi connectivity index (χ2n) is 4.13. The van der Waals surface area contributed by atoms with Crippen LogP contribution >= 0.6 is 12.4 Å². The van der Waals surface area contributed by atoms with Crippen LogP contribution in [0.3, 0.4) is 0 Å². The van der Waals surface area contributed by atoms with Crippen LogP contribution in [-0.2, 0) is 4.74 Å². The van der Waals surface area contributed by atoms with Gasteiger partial charge < -0.3 is 10.1 Å². The molecule has 86 valence electrons. The first-order valence-corrected chi connectivity index (χ1v) is 5.24. The normalized spacial score (nSPS) is 28.9. The van der Waals surface area contributed by atoms with Gasteiger partial charge in [0.2, 0.25) is 0 Å². The summed E-state index contributed by atoms with van der Waals surface area (Å²) in [5.41, 5.74) is 8.41. The molecule has 0 amide bonds. The lowest BCUT2D eigenvalue weighted by Crippen LogP contribution is -2.48. The molecule has 6 heteroatoms. The Kier molecular flexibility index (Phi) is 4.67. The first-order chi connectivity index (χ1) is 6.85. The Hall–Kier alpha value is -0.480. The summed E-state index contributed by atoms with van der Waals surface area (Å²) in [5.74, 6) is 0. The first kappa shape index (κ1) is 12.6. The fourth-order valence-corrected chi connectivity index (χ4v) is 2.40. The van der Waals surface area contributed by atoms with Crippen LogP contribution in [0.25, 0.3) is 10.4 Å². The molecule has 0 aromatic heterocycles. The molecule has 0 aromatic rings. The molecule has 0 aliphatic carbocycles. The minimum absolute atomic E-state index is 0. The lowest BCUT2D eigenvalue weighted by molar-refractivity contribution is -0.101. The van der Waals surface area contributed by atoms with Crippen molar-refractivity contribution in [2.24, 2.45) is 5.11 Å². The van der Waals surface area contributed by atoms with E-state index in [4.69, 9.17) is 10.3 Å². The van der Waals surface area contributed by atoms with Gasteiger partial charge in [0.15, 0.2) is 0 Å². The van der Waals surface area contributed by atoms with Gasteiger partial charge >= 0.3 is 0 Å². The number of hydrogen-bond acceptors (Lipinski definition) is 3. The van der Waals surface area contributed by atoms with Gasteiger partial charge in [0.05, 0.1) is 5.60 Å². The predicted molar refractivity (Wildman–Crippen MR) is 60.2 cm³/mol. The molecule has 0 radical (unpaired) electrons. The zero-order valence-corrected chi connectivity index (χ0v) is 9.50. The van der Waals surface area contributed by atoms with Crippen LogP contribution in [0.15, 0.2) is 5.11 Å². The van der Waals surface area contributed by atoms with Crippen LogP contribution in [0.1, 0.15) is 25.7 Å². The van der Waals surface area contributed by atoms with Gasteiger partial charge in [-0.3, -0.25) is 0 Å². The summed E-state index contributed by atoms with van der Waals surface area (Å²) in [5, 5.41) is 7.13. The molecule has 2 rings (SSSR count). The summed E-state index contributed by atoms with van der Waals surface area (Å²) in [4.78, 5) is 2.89. The molecule has 1 atom stereocenters. The number of hydrogen-bond donors (Lipinski definition) is 1. The Morgan fingerprint density at radius 1 is 1.40 bits per heavy atom. The van der Waals surface area contributed by atoms with Crippen molar-refractivity contribution in [3.8, 4) is 0 Å². The van der Waals surface area contributed by atoms with E-state index in [0.29, 0.717) is 0 Å². The molecule has 2 aliphatic heterocycles. The number of rotatable bonds is 1. The van der Waals surface area contributed by atoms with Gasteiger partial charge in [0.1, 0.15) is 0 Å². The average Bonchev–Trinajstić information content (AvgIpc) is 2.19.